The Labute approximate surface area is 159 Å². The first kappa shape index (κ1) is 20.9. The van der Waals surface area contributed by atoms with Crippen LogP contribution in [-0.2, 0) is 20.9 Å². The van der Waals surface area contributed by atoms with Crippen LogP contribution in [0.1, 0.15) is 49.5 Å². The van der Waals surface area contributed by atoms with Crippen LogP contribution >= 0.6 is 0 Å². The topological polar surface area (TPSA) is 95.9 Å². The first-order chi connectivity index (χ1) is 12.6. The number of aliphatic hydroxyl groups is 1. The normalized spacial score (nSPS) is 19.7. The number of carbonyl (C=O) groups is 3. The zero-order chi connectivity index (χ0) is 20.2. The fraction of sp³-hybridized carbons (Fsp3) is 0.550. The van der Waals surface area contributed by atoms with Gasteiger partial charge in [-0.05, 0) is 23.1 Å². The van der Waals surface area contributed by atoms with Gasteiger partial charge in [0.1, 0.15) is 6.04 Å². The van der Waals surface area contributed by atoms with E-state index in [1.165, 1.54) is 12.0 Å². The highest BCUT2D eigenvalue weighted by Gasteiger charge is 2.39. The summed E-state index contributed by atoms with van der Waals surface area (Å²) in [4.78, 5) is 38.0. The van der Waals surface area contributed by atoms with E-state index in [-0.39, 0.29) is 36.7 Å². The molecule has 2 amide bonds. The Balaban J connectivity index is 1.97. The van der Waals surface area contributed by atoms with Gasteiger partial charge in [0.2, 0.25) is 11.8 Å². The number of ether oxygens (including phenoxy) is 1. The molecule has 1 aromatic carbocycles. The number of hydrogen-bond acceptors (Lipinski definition) is 5. The van der Waals surface area contributed by atoms with Gasteiger partial charge < -0.3 is 20.1 Å². The Morgan fingerprint density at radius 2 is 1.85 bits per heavy atom. The van der Waals surface area contributed by atoms with Crippen LogP contribution in [0.2, 0.25) is 0 Å². The van der Waals surface area contributed by atoms with E-state index in [0.29, 0.717) is 12.0 Å². The van der Waals surface area contributed by atoms with Gasteiger partial charge in [0.05, 0.1) is 18.8 Å². The minimum atomic E-state index is -0.691. The van der Waals surface area contributed by atoms with Gasteiger partial charge in [0.15, 0.2) is 0 Å². The highest BCUT2D eigenvalue weighted by atomic mass is 16.5. The number of carbonyl (C=O) groups excluding carboxylic acids is 3. The van der Waals surface area contributed by atoms with Gasteiger partial charge >= 0.3 is 5.97 Å². The fourth-order valence-electron chi connectivity index (χ4n) is 3.08. The summed E-state index contributed by atoms with van der Waals surface area (Å²) in [7, 11) is 1.32. The quantitative estimate of drug-likeness (QED) is 0.759. The third-order valence-electron chi connectivity index (χ3n) is 4.43. The molecule has 27 heavy (non-hydrogen) atoms. The van der Waals surface area contributed by atoms with E-state index < -0.39 is 18.1 Å². The molecule has 0 bridgehead atoms. The zero-order valence-corrected chi connectivity index (χ0v) is 16.3. The van der Waals surface area contributed by atoms with Gasteiger partial charge in [-0.3, -0.25) is 9.59 Å². The first-order valence-electron chi connectivity index (χ1n) is 9.03. The second kappa shape index (κ2) is 8.52. The van der Waals surface area contributed by atoms with Crippen LogP contribution in [0.25, 0.3) is 0 Å². The molecule has 0 spiro atoms. The number of hydrogen-bond donors (Lipinski definition) is 2. The highest BCUT2D eigenvalue weighted by Crippen LogP contribution is 2.25. The third kappa shape index (κ3) is 5.79. The number of esters is 1. The molecule has 0 aromatic heterocycles. The fourth-order valence-corrected chi connectivity index (χ4v) is 3.08. The molecule has 0 radical (unpaired) electrons. The van der Waals surface area contributed by atoms with Crippen molar-refractivity contribution in [3.63, 3.8) is 0 Å². The Morgan fingerprint density at radius 1 is 1.22 bits per heavy atom. The van der Waals surface area contributed by atoms with E-state index in [1.807, 2.05) is 20.8 Å². The predicted molar refractivity (Wildman–Crippen MR) is 99.8 cm³/mol. The average molecular weight is 376 g/mol. The molecule has 1 aliphatic heterocycles. The highest BCUT2D eigenvalue weighted by molar-refractivity contribution is 5.89. The van der Waals surface area contributed by atoms with Crippen molar-refractivity contribution in [1.82, 2.24) is 10.2 Å². The third-order valence-corrected chi connectivity index (χ3v) is 4.43. The molecule has 7 nitrogen and oxygen atoms in total. The van der Waals surface area contributed by atoms with Gasteiger partial charge in [-0.25, -0.2) is 4.79 Å². The molecule has 0 saturated carbocycles. The standard InChI is InChI=1S/C20H28N2O5/c1-20(2,3)10-17(24)22-12-15(23)9-16(22)18(25)21-11-13-5-7-14(8-6-13)19(26)27-4/h5-8,15-16,23H,9-12H2,1-4H3,(H,21,25)/t15-,16+/m1/s1. The largest absolute Gasteiger partial charge is 0.465 e. The van der Waals surface area contributed by atoms with Gasteiger partial charge in [0, 0.05) is 25.9 Å². The number of likely N-dealkylation sites (tertiary alicyclic amines) is 1. The van der Waals surface area contributed by atoms with Crippen LogP contribution in [0.5, 0.6) is 0 Å². The molecule has 1 heterocycles. The maximum absolute atomic E-state index is 12.6. The Kier molecular flexibility index (Phi) is 6.59. The summed E-state index contributed by atoms with van der Waals surface area (Å²) in [6.45, 7) is 6.34. The molecule has 2 N–H and O–H groups in total. The Bertz CT molecular complexity index is 693. The summed E-state index contributed by atoms with van der Waals surface area (Å²) in [6, 6.07) is 6.07. The van der Waals surface area contributed by atoms with Crippen LogP contribution < -0.4 is 5.32 Å². The summed E-state index contributed by atoms with van der Waals surface area (Å²) < 4.78 is 4.65. The molecule has 0 unspecified atom stereocenters. The van der Waals surface area contributed by atoms with E-state index in [1.54, 1.807) is 24.3 Å². The number of rotatable bonds is 5. The predicted octanol–water partition coefficient (Wildman–Crippen LogP) is 1.49. The van der Waals surface area contributed by atoms with E-state index in [2.05, 4.69) is 10.1 Å². The molecule has 2 rings (SSSR count). The average Bonchev–Trinajstić information content (AvgIpc) is 3.00. The van der Waals surface area contributed by atoms with Crippen molar-refractivity contribution < 1.29 is 24.2 Å². The minimum Gasteiger partial charge on any atom is -0.465 e. The number of aliphatic hydroxyl groups excluding tert-OH is 1. The van der Waals surface area contributed by atoms with Crippen molar-refractivity contribution >= 4 is 17.8 Å². The van der Waals surface area contributed by atoms with Crippen molar-refractivity contribution in [2.24, 2.45) is 5.41 Å². The van der Waals surface area contributed by atoms with Gasteiger partial charge in [0.25, 0.3) is 0 Å². The number of nitrogens with zero attached hydrogens (tertiary/aromatic N) is 1. The maximum Gasteiger partial charge on any atom is 0.337 e. The van der Waals surface area contributed by atoms with Crippen molar-refractivity contribution in [3.05, 3.63) is 35.4 Å². The number of β-amino-alcohol motifs (C(OH)–C–C–N with tert-alkyl or cyclic N) is 1. The molecule has 148 valence electrons. The van der Waals surface area contributed by atoms with E-state index in [4.69, 9.17) is 0 Å². The second-order valence-corrected chi connectivity index (χ2v) is 8.10. The van der Waals surface area contributed by atoms with Crippen molar-refractivity contribution in [3.8, 4) is 0 Å². The van der Waals surface area contributed by atoms with E-state index >= 15 is 0 Å². The summed E-state index contributed by atoms with van der Waals surface area (Å²) in [5.41, 5.74) is 1.07. The van der Waals surface area contributed by atoms with Crippen LogP contribution in [0, 0.1) is 5.41 Å². The lowest BCUT2D eigenvalue weighted by molar-refractivity contribution is -0.140. The maximum atomic E-state index is 12.6. The van der Waals surface area contributed by atoms with Gasteiger partial charge in [-0.15, -0.1) is 0 Å². The summed E-state index contributed by atoms with van der Waals surface area (Å²) in [5.74, 6) is -0.828. The molecule has 7 heteroatoms. The summed E-state index contributed by atoms with van der Waals surface area (Å²) in [5, 5.41) is 12.8. The smallest absolute Gasteiger partial charge is 0.337 e. The molecular weight excluding hydrogens is 348 g/mol. The monoisotopic (exact) mass is 376 g/mol. The summed E-state index contributed by atoms with van der Waals surface area (Å²) >= 11 is 0. The first-order valence-corrected chi connectivity index (χ1v) is 9.03. The minimum absolute atomic E-state index is 0.123. The van der Waals surface area contributed by atoms with Gasteiger partial charge in [-0.2, -0.15) is 0 Å². The van der Waals surface area contributed by atoms with Gasteiger partial charge in [-0.1, -0.05) is 32.9 Å². The second-order valence-electron chi connectivity index (χ2n) is 8.10. The van der Waals surface area contributed by atoms with Crippen molar-refractivity contribution in [2.75, 3.05) is 13.7 Å². The van der Waals surface area contributed by atoms with Crippen LogP contribution in [0.15, 0.2) is 24.3 Å². The van der Waals surface area contributed by atoms with Crippen LogP contribution in [-0.4, -0.2) is 53.6 Å². The molecule has 1 aromatic rings. The van der Waals surface area contributed by atoms with E-state index in [0.717, 1.165) is 5.56 Å². The number of methoxy groups -OCH3 is 1. The molecular formula is C20H28N2O5. The summed E-state index contributed by atoms with van der Waals surface area (Å²) in [6.07, 6.45) is -0.134. The molecule has 1 saturated heterocycles. The van der Waals surface area contributed by atoms with E-state index in [9.17, 15) is 19.5 Å². The lowest BCUT2D eigenvalue weighted by Crippen LogP contribution is -2.46. The SMILES string of the molecule is COC(=O)c1ccc(CNC(=O)[C@@H]2C[C@@H](O)CN2C(=O)CC(C)(C)C)cc1. The Hall–Kier alpha value is -2.41. The number of amides is 2. The van der Waals surface area contributed by atoms with Crippen molar-refractivity contribution in [2.45, 2.75) is 52.3 Å². The Morgan fingerprint density at radius 3 is 2.41 bits per heavy atom. The zero-order valence-electron chi connectivity index (χ0n) is 16.3. The molecule has 1 fully saturated rings. The molecule has 0 aliphatic carbocycles. The van der Waals surface area contributed by atoms with Crippen molar-refractivity contribution in [1.29, 1.82) is 0 Å². The molecule has 1 aliphatic rings. The number of benzene rings is 1. The van der Waals surface area contributed by atoms with Crippen LogP contribution in [0.4, 0.5) is 0 Å². The van der Waals surface area contributed by atoms with Crippen LogP contribution in [0.3, 0.4) is 0 Å². The number of nitrogens with one attached hydrogen (secondary N) is 1. The lowest BCUT2D eigenvalue weighted by Gasteiger charge is -2.27. The molecule has 2 atom stereocenters. The lowest BCUT2D eigenvalue weighted by atomic mass is 9.91.